The largest absolute Gasteiger partial charge is 0.493 e. The van der Waals surface area contributed by atoms with E-state index < -0.39 is 10.0 Å². The lowest BCUT2D eigenvalue weighted by Gasteiger charge is -2.33. The third kappa shape index (κ3) is 4.75. The number of thiophene rings is 1. The minimum Gasteiger partial charge on any atom is -0.493 e. The van der Waals surface area contributed by atoms with Crippen molar-refractivity contribution in [3.63, 3.8) is 0 Å². The van der Waals surface area contributed by atoms with E-state index in [0.717, 1.165) is 0 Å². The molecule has 0 radical (unpaired) electrons. The van der Waals surface area contributed by atoms with E-state index in [0.29, 0.717) is 39.4 Å². The van der Waals surface area contributed by atoms with Crippen molar-refractivity contribution < 1.29 is 22.7 Å². The van der Waals surface area contributed by atoms with Gasteiger partial charge >= 0.3 is 0 Å². The molecule has 156 valence electrons. The van der Waals surface area contributed by atoms with E-state index in [1.807, 2.05) is 0 Å². The highest BCUT2D eigenvalue weighted by Crippen LogP contribution is 2.36. The van der Waals surface area contributed by atoms with Crippen LogP contribution in [0.5, 0.6) is 11.5 Å². The number of hydrogen-bond donors (Lipinski definition) is 0. The van der Waals surface area contributed by atoms with E-state index in [-0.39, 0.29) is 19.0 Å². The van der Waals surface area contributed by atoms with Crippen LogP contribution in [0.4, 0.5) is 0 Å². The van der Waals surface area contributed by atoms with E-state index >= 15 is 0 Å². The number of carbonyl (C=O) groups excluding carboxylic acids is 1. The molecule has 2 aromatic rings. The molecule has 0 unspecified atom stereocenters. The molecule has 2 heterocycles. The molecule has 1 aromatic heterocycles. The summed E-state index contributed by atoms with van der Waals surface area (Å²) >= 11 is 7.37. The summed E-state index contributed by atoms with van der Waals surface area (Å²) in [4.78, 5) is 14.1. The SMILES string of the molecule is COc1cc(C=CC(=O)N2CCN(S(=O)(=O)c3cccs3)CC2)cc(Cl)c1OC. The zero-order valence-electron chi connectivity index (χ0n) is 16.0. The van der Waals surface area contributed by atoms with Gasteiger partial charge < -0.3 is 14.4 Å². The van der Waals surface area contributed by atoms with Crippen LogP contribution in [-0.2, 0) is 14.8 Å². The molecule has 1 aliphatic rings. The summed E-state index contributed by atoms with van der Waals surface area (Å²) < 4.78 is 37.3. The molecule has 0 spiro atoms. The normalized spacial score (nSPS) is 15.6. The van der Waals surface area contributed by atoms with Crippen molar-refractivity contribution in [2.45, 2.75) is 4.21 Å². The average molecular weight is 457 g/mol. The second kappa shape index (κ2) is 9.17. The Bertz CT molecular complexity index is 998. The Balaban J connectivity index is 1.64. The first-order valence-electron chi connectivity index (χ1n) is 8.79. The number of rotatable bonds is 6. The van der Waals surface area contributed by atoms with Crippen molar-refractivity contribution in [2.75, 3.05) is 40.4 Å². The highest BCUT2D eigenvalue weighted by atomic mass is 35.5. The third-order valence-electron chi connectivity index (χ3n) is 4.51. The maximum Gasteiger partial charge on any atom is 0.252 e. The molecule has 1 amide bonds. The molecule has 29 heavy (non-hydrogen) atoms. The summed E-state index contributed by atoms with van der Waals surface area (Å²) in [6, 6.07) is 6.70. The maximum absolute atomic E-state index is 12.6. The highest BCUT2D eigenvalue weighted by molar-refractivity contribution is 7.91. The van der Waals surface area contributed by atoms with Crippen molar-refractivity contribution in [3.8, 4) is 11.5 Å². The maximum atomic E-state index is 12.6. The number of nitrogens with zero attached hydrogens (tertiary/aromatic N) is 2. The molecule has 1 aromatic carbocycles. The smallest absolute Gasteiger partial charge is 0.252 e. The average Bonchev–Trinajstić information content (AvgIpc) is 3.27. The second-order valence-electron chi connectivity index (χ2n) is 6.23. The van der Waals surface area contributed by atoms with Gasteiger partial charge in [0.15, 0.2) is 11.5 Å². The lowest BCUT2D eigenvalue weighted by molar-refractivity contribution is -0.127. The molecule has 0 atom stereocenters. The summed E-state index contributed by atoms with van der Waals surface area (Å²) in [6.45, 7) is 1.20. The minimum absolute atomic E-state index is 0.191. The fraction of sp³-hybridized carbons (Fsp3) is 0.316. The Morgan fingerprint density at radius 1 is 1.17 bits per heavy atom. The fourth-order valence-electron chi connectivity index (χ4n) is 2.99. The van der Waals surface area contributed by atoms with Gasteiger partial charge in [0.1, 0.15) is 4.21 Å². The highest BCUT2D eigenvalue weighted by Gasteiger charge is 2.30. The van der Waals surface area contributed by atoms with Crippen LogP contribution in [0, 0.1) is 0 Å². The number of ether oxygens (including phenoxy) is 2. The predicted molar refractivity (Wildman–Crippen MR) is 113 cm³/mol. The Morgan fingerprint density at radius 3 is 2.48 bits per heavy atom. The van der Waals surface area contributed by atoms with E-state index in [1.54, 1.807) is 40.6 Å². The van der Waals surface area contributed by atoms with Gasteiger partial charge in [-0.3, -0.25) is 4.79 Å². The Labute approximate surface area is 179 Å². The molecular formula is C19H21ClN2O5S2. The summed E-state index contributed by atoms with van der Waals surface area (Å²) in [5.74, 6) is 0.712. The van der Waals surface area contributed by atoms with Gasteiger partial charge in [-0.15, -0.1) is 11.3 Å². The summed E-state index contributed by atoms with van der Waals surface area (Å²) in [6.07, 6.45) is 3.09. The number of carbonyl (C=O) groups is 1. The lowest BCUT2D eigenvalue weighted by Crippen LogP contribution is -2.50. The van der Waals surface area contributed by atoms with Crippen molar-refractivity contribution >= 4 is 44.9 Å². The van der Waals surface area contributed by atoms with Gasteiger partial charge in [0.25, 0.3) is 10.0 Å². The van der Waals surface area contributed by atoms with E-state index in [1.165, 1.54) is 35.9 Å². The molecule has 3 rings (SSSR count). The van der Waals surface area contributed by atoms with Gasteiger partial charge in [-0.25, -0.2) is 8.42 Å². The van der Waals surface area contributed by atoms with Gasteiger partial charge in [-0.2, -0.15) is 4.31 Å². The Kier molecular flexibility index (Phi) is 6.84. The first kappa shape index (κ1) is 21.6. The van der Waals surface area contributed by atoms with Gasteiger partial charge in [0.2, 0.25) is 5.91 Å². The number of halogens is 1. The number of piperazine rings is 1. The van der Waals surface area contributed by atoms with Crippen LogP contribution in [0.15, 0.2) is 39.9 Å². The van der Waals surface area contributed by atoms with E-state index in [9.17, 15) is 13.2 Å². The van der Waals surface area contributed by atoms with Gasteiger partial charge in [-0.1, -0.05) is 17.7 Å². The first-order valence-corrected chi connectivity index (χ1v) is 11.5. The van der Waals surface area contributed by atoms with Crippen molar-refractivity contribution in [1.82, 2.24) is 9.21 Å². The van der Waals surface area contributed by atoms with Crippen LogP contribution in [0.1, 0.15) is 5.56 Å². The molecule has 1 fully saturated rings. The summed E-state index contributed by atoms with van der Waals surface area (Å²) in [7, 11) is -0.475. The number of sulfonamides is 1. The lowest BCUT2D eigenvalue weighted by atomic mass is 10.1. The molecule has 0 bridgehead atoms. The number of benzene rings is 1. The van der Waals surface area contributed by atoms with E-state index in [4.69, 9.17) is 21.1 Å². The minimum atomic E-state index is -3.49. The Morgan fingerprint density at radius 2 is 1.90 bits per heavy atom. The second-order valence-corrected chi connectivity index (χ2v) is 9.75. The van der Waals surface area contributed by atoms with Gasteiger partial charge in [0.05, 0.1) is 19.2 Å². The van der Waals surface area contributed by atoms with Crippen molar-refractivity contribution in [3.05, 3.63) is 46.3 Å². The van der Waals surface area contributed by atoms with Crippen LogP contribution in [0.2, 0.25) is 5.02 Å². The monoisotopic (exact) mass is 456 g/mol. The molecule has 0 N–H and O–H groups in total. The first-order chi connectivity index (χ1) is 13.9. The molecule has 1 aliphatic heterocycles. The molecule has 1 saturated heterocycles. The number of methoxy groups -OCH3 is 2. The fourth-order valence-corrected chi connectivity index (χ4v) is 5.86. The zero-order chi connectivity index (χ0) is 21.0. The Hall–Kier alpha value is -2.07. The van der Waals surface area contributed by atoms with Crippen LogP contribution in [0.25, 0.3) is 6.08 Å². The van der Waals surface area contributed by atoms with Crippen LogP contribution >= 0.6 is 22.9 Å². The summed E-state index contributed by atoms with van der Waals surface area (Å²) in [5, 5.41) is 2.11. The number of amides is 1. The van der Waals surface area contributed by atoms with Crippen molar-refractivity contribution in [1.29, 1.82) is 0 Å². The van der Waals surface area contributed by atoms with Crippen molar-refractivity contribution in [2.24, 2.45) is 0 Å². The predicted octanol–water partition coefficient (Wildman–Crippen LogP) is 2.97. The molecule has 0 saturated carbocycles. The molecular weight excluding hydrogens is 436 g/mol. The quantitative estimate of drug-likeness (QED) is 0.624. The zero-order valence-corrected chi connectivity index (χ0v) is 18.4. The van der Waals surface area contributed by atoms with Gasteiger partial charge in [0, 0.05) is 32.3 Å². The number of hydrogen-bond acceptors (Lipinski definition) is 6. The molecule has 0 aliphatic carbocycles. The third-order valence-corrected chi connectivity index (χ3v) is 8.07. The van der Waals surface area contributed by atoms with Crippen LogP contribution < -0.4 is 9.47 Å². The molecule has 10 heteroatoms. The van der Waals surface area contributed by atoms with Crippen LogP contribution in [-0.4, -0.2) is 63.9 Å². The van der Waals surface area contributed by atoms with Gasteiger partial charge in [-0.05, 0) is 35.2 Å². The molecule has 7 nitrogen and oxygen atoms in total. The topological polar surface area (TPSA) is 76.2 Å². The summed E-state index contributed by atoms with van der Waals surface area (Å²) in [5.41, 5.74) is 0.694. The van der Waals surface area contributed by atoms with Crippen LogP contribution in [0.3, 0.4) is 0 Å². The standard InChI is InChI=1S/C19H21ClN2O5S2/c1-26-16-13-14(12-15(20)19(16)27-2)5-6-17(23)21-7-9-22(10-8-21)29(24,25)18-4-3-11-28-18/h3-6,11-13H,7-10H2,1-2H3. The van der Waals surface area contributed by atoms with E-state index in [2.05, 4.69) is 0 Å².